The number of aryl methyl sites for hydroxylation is 2. The van der Waals surface area contributed by atoms with Crippen molar-refractivity contribution in [3.63, 3.8) is 0 Å². The van der Waals surface area contributed by atoms with Gasteiger partial charge in [0.25, 0.3) is 5.91 Å². The minimum atomic E-state index is -1.02. The maximum Gasteiger partial charge on any atom is 0.342 e. The molecule has 0 aliphatic rings. The smallest absolute Gasteiger partial charge is 0.342 e. The number of nitrogens with one attached hydrogen (secondary N) is 1. The van der Waals surface area contributed by atoms with E-state index in [1.54, 1.807) is 44.2 Å². The molecule has 6 nitrogen and oxygen atoms in total. The van der Waals surface area contributed by atoms with E-state index in [-0.39, 0.29) is 11.3 Å². The van der Waals surface area contributed by atoms with Crippen molar-refractivity contribution in [2.45, 2.75) is 33.8 Å². The Labute approximate surface area is 139 Å². The SMILES string of the molecule is CC(=O)c1ccccc1NC(=O)C(C)OC(=O)c1cc(C)oc1C. The van der Waals surface area contributed by atoms with E-state index in [9.17, 15) is 14.4 Å². The Morgan fingerprint density at radius 1 is 1.12 bits per heavy atom. The molecule has 1 atom stereocenters. The normalized spacial score (nSPS) is 11.7. The van der Waals surface area contributed by atoms with Gasteiger partial charge in [0.05, 0.1) is 5.69 Å². The van der Waals surface area contributed by atoms with Crippen LogP contribution in [-0.4, -0.2) is 23.8 Å². The lowest BCUT2D eigenvalue weighted by Crippen LogP contribution is -2.30. The molecule has 1 aromatic heterocycles. The van der Waals surface area contributed by atoms with Crippen LogP contribution in [0.1, 0.15) is 46.1 Å². The summed E-state index contributed by atoms with van der Waals surface area (Å²) in [5.74, 6) is -0.291. The number of ether oxygens (including phenoxy) is 1. The van der Waals surface area contributed by atoms with Gasteiger partial charge in [0.15, 0.2) is 11.9 Å². The molecular weight excluding hydrogens is 310 g/mol. The summed E-state index contributed by atoms with van der Waals surface area (Å²) in [6.45, 7) is 6.25. The van der Waals surface area contributed by atoms with Gasteiger partial charge in [0.2, 0.25) is 0 Å². The number of ketones is 1. The number of hydrogen-bond donors (Lipinski definition) is 1. The second-order valence-corrected chi connectivity index (χ2v) is 5.47. The number of hydrogen-bond acceptors (Lipinski definition) is 5. The van der Waals surface area contributed by atoms with E-state index in [1.165, 1.54) is 13.8 Å². The zero-order valence-corrected chi connectivity index (χ0v) is 14.0. The van der Waals surface area contributed by atoms with Crippen LogP contribution in [-0.2, 0) is 9.53 Å². The van der Waals surface area contributed by atoms with Crippen LogP contribution in [0.25, 0.3) is 0 Å². The van der Waals surface area contributed by atoms with E-state index in [1.807, 2.05) is 0 Å². The molecule has 0 aliphatic carbocycles. The monoisotopic (exact) mass is 329 g/mol. The van der Waals surface area contributed by atoms with Gasteiger partial charge < -0.3 is 14.5 Å². The van der Waals surface area contributed by atoms with E-state index in [0.29, 0.717) is 22.8 Å². The van der Waals surface area contributed by atoms with Crippen LogP contribution >= 0.6 is 0 Å². The second kappa shape index (κ2) is 7.12. The Morgan fingerprint density at radius 3 is 2.38 bits per heavy atom. The van der Waals surface area contributed by atoms with E-state index < -0.39 is 18.0 Å². The standard InChI is InChI=1S/C18H19NO5/c1-10-9-15(12(3)23-10)18(22)24-13(4)17(21)19-16-8-6-5-7-14(16)11(2)20/h5-9,13H,1-4H3,(H,19,21). The molecule has 0 spiro atoms. The molecule has 6 heteroatoms. The molecule has 1 unspecified atom stereocenters. The molecule has 1 amide bonds. The fourth-order valence-corrected chi connectivity index (χ4v) is 2.24. The number of furan rings is 1. The van der Waals surface area contributed by atoms with Crippen molar-refractivity contribution < 1.29 is 23.5 Å². The van der Waals surface area contributed by atoms with Gasteiger partial charge in [-0.2, -0.15) is 0 Å². The third-order valence-corrected chi connectivity index (χ3v) is 3.48. The largest absolute Gasteiger partial charge is 0.466 e. The van der Waals surface area contributed by atoms with Gasteiger partial charge in [-0.15, -0.1) is 0 Å². The van der Waals surface area contributed by atoms with E-state index in [2.05, 4.69) is 5.32 Å². The Balaban J connectivity index is 2.06. The molecule has 24 heavy (non-hydrogen) atoms. The summed E-state index contributed by atoms with van der Waals surface area (Å²) in [5.41, 5.74) is 1.07. The van der Waals surface area contributed by atoms with Crippen molar-refractivity contribution in [2.24, 2.45) is 0 Å². The Kier molecular flexibility index (Phi) is 5.18. The summed E-state index contributed by atoms with van der Waals surface area (Å²) in [6.07, 6.45) is -1.02. The van der Waals surface area contributed by atoms with Crippen LogP contribution in [0.3, 0.4) is 0 Å². The minimum absolute atomic E-state index is 0.167. The molecule has 0 bridgehead atoms. The van der Waals surface area contributed by atoms with Gasteiger partial charge in [-0.25, -0.2) is 4.79 Å². The van der Waals surface area contributed by atoms with Crippen molar-refractivity contribution in [1.29, 1.82) is 0 Å². The first kappa shape index (κ1) is 17.5. The van der Waals surface area contributed by atoms with Crippen LogP contribution in [0.15, 0.2) is 34.7 Å². The minimum Gasteiger partial charge on any atom is -0.466 e. The maximum absolute atomic E-state index is 12.2. The lowest BCUT2D eigenvalue weighted by molar-refractivity contribution is -0.123. The fraction of sp³-hybridized carbons (Fsp3) is 0.278. The zero-order valence-electron chi connectivity index (χ0n) is 14.0. The number of Topliss-reactive ketones (excluding diaryl/α,β-unsaturated/α-hetero) is 1. The highest BCUT2D eigenvalue weighted by Crippen LogP contribution is 2.18. The maximum atomic E-state index is 12.2. The molecule has 2 aromatic rings. The quantitative estimate of drug-likeness (QED) is 0.672. The van der Waals surface area contributed by atoms with Crippen LogP contribution in [0.5, 0.6) is 0 Å². The topological polar surface area (TPSA) is 85.6 Å². The lowest BCUT2D eigenvalue weighted by Gasteiger charge is -2.14. The molecule has 1 heterocycles. The highest BCUT2D eigenvalue weighted by molar-refractivity contribution is 6.05. The second-order valence-electron chi connectivity index (χ2n) is 5.47. The number of carbonyl (C=O) groups is 3. The van der Waals surface area contributed by atoms with E-state index in [0.717, 1.165) is 0 Å². The van der Waals surface area contributed by atoms with Crippen molar-refractivity contribution in [2.75, 3.05) is 5.32 Å². The molecule has 0 saturated heterocycles. The Hall–Kier alpha value is -2.89. The summed E-state index contributed by atoms with van der Waals surface area (Å²) in [7, 11) is 0. The van der Waals surface area contributed by atoms with E-state index >= 15 is 0 Å². The molecule has 0 saturated carbocycles. The van der Waals surface area contributed by atoms with Crippen molar-refractivity contribution in [1.82, 2.24) is 0 Å². The molecule has 1 aromatic carbocycles. The van der Waals surface area contributed by atoms with Gasteiger partial charge in [-0.1, -0.05) is 12.1 Å². The Morgan fingerprint density at radius 2 is 1.79 bits per heavy atom. The first-order valence-electron chi connectivity index (χ1n) is 7.48. The van der Waals surface area contributed by atoms with Crippen LogP contribution in [0.2, 0.25) is 0 Å². The number of rotatable bonds is 5. The van der Waals surface area contributed by atoms with Crippen LogP contribution in [0, 0.1) is 13.8 Å². The average molecular weight is 329 g/mol. The third kappa shape index (κ3) is 3.90. The number of amides is 1. The summed E-state index contributed by atoms with van der Waals surface area (Å²) in [4.78, 5) is 35.9. The fourth-order valence-electron chi connectivity index (χ4n) is 2.24. The predicted molar refractivity (Wildman–Crippen MR) is 88.1 cm³/mol. The van der Waals surface area contributed by atoms with Crippen molar-refractivity contribution in [3.8, 4) is 0 Å². The number of para-hydroxylation sites is 1. The first-order valence-corrected chi connectivity index (χ1v) is 7.48. The number of benzene rings is 1. The van der Waals surface area contributed by atoms with Gasteiger partial charge in [0.1, 0.15) is 17.1 Å². The third-order valence-electron chi connectivity index (χ3n) is 3.48. The predicted octanol–water partition coefficient (Wildman–Crippen LogP) is 3.28. The molecule has 2 rings (SSSR count). The highest BCUT2D eigenvalue weighted by atomic mass is 16.5. The molecule has 1 N–H and O–H groups in total. The summed E-state index contributed by atoms with van der Waals surface area (Å²) < 4.78 is 10.4. The van der Waals surface area contributed by atoms with Crippen molar-refractivity contribution in [3.05, 3.63) is 53.0 Å². The highest BCUT2D eigenvalue weighted by Gasteiger charge is 2.22. The molecule has 0 fully saturated rings. The van der Waals surface area contributed by atoms with Gasteiger partial charge in [-0.3, -0.25) is 9.59 Å². The van der Waals surface area contributed by atoms with Gasteiger partial charge in [0, 0.05) is 5.56 Å². The van der Waals surface area contributed by atoms with Gasteiger partial charge >= 0.3 is 5.97 Å². The lowest BCUT2D eigenvalue weighted by atomic mass is 10.1. The zero-order chi connectivity index (χ0) is 17.9. The number of esters is 1. The molecular formula is C18H19NO5. The van der Waals surface area contributed by atoms with Crippen molar-refractivity contribution >= 4 is 23.3 Å². The molecule has 0 radical (unpaired) electrons. The average Bonchev–Trinajstić information content (AvgIpc) is 2.86. The van der Waals surface area contributed by atoms with Crippen LogP contribution in [0.4, 0.5) is 5.69 Å². The number of carbonyl (C=O) groups excluding carboxylic acids is 3. The summed E-state index contributed by atoms with van der Waals surface area (Å²) in [6, 6.07) is 8.21. The van der Waals surface area contributed by atoms with E-state index in [4.69, 9.17) is 9.15 Å². The van der Waals surface area contributed by atoms with Crippen LogP contribution < -0.4 is 5.32 Å². The molecule has 0 aliphatic heterocycles. The Bertz CT molecular complexity index is 790. The first-order chi connectivity index (χ1) is 11.3. The van der Waals surface area contributed by atoms with Gasteiger partial charge in [-0.05, 0) is 45.9 Å². The summed E-state index contributed by atoms with van der Waals surface area (Å²) >= 11 is 0. The molecule has 126 valence electrons. The summed E-state index contributed by atoms with van der Waals surface area (Å²) in [5, 5.41) is 2.61. The number of anilines is 1.